The van der Waals surface area contributed by atoms with Crippen LogP contribution in [0.5, 0.6) is 0 Å². The van der Waals surface area contributed by atoms with E-state index in [0.717, 1.165) is 0 Å². The molecule has 0 aromatic rings. The van der Waals surface area contributed by atoms with E-state index >= 15 is 0 Å². The van der Waals surface area contributed by atoms with Crippen molar-refractivity contribution in [1.29, 1.82) is 0 Å². The molecule has 78 valence electrons. The average molecular weight is 184 g/mol. The van der Waals surface area contributed by atoms with Crippen molar-refractivity contribution in [1.82, 2.24) is 0 Å². The van der Waals surface area contributed by atoms with E-state index < -0.39 is 6.29 Å². The van der Waals surface area contributed by atoms with E-state index in [1.165, 1.54) is 0 Å². The lowest BCUT2D eigenvalue weighted by molar-refractivity contribution is -0.0413. The third-order valence-corrected chi connectivity index (χ3v) is 0.912. The summed E-state index contributed by atoms with van der Waals surface area (Å²) in [5.74, 6) is 0. The molecule has 0 rings (SSSR count). The van der Waals surface area contributed by atoms with Crippen molar-refractivity contribution in [3.05, 3.63) is 0 Å². The molecule has 0 aromatic heterocycles. The molecule has 0 aliphatic heterocycles. The van der Waals surface area contributed by atoms with E-state index in [4.69, 9.17) is 20.4 Å². The van der Waals surface area contributed by atoms with Crippen LogP contribution in [0.1, 0.15) is 26.7 Å². The van der Waals surface area contributed by atoms with Crippen LogP contribution < -0.4 is 0 Å². The first kappa shape index (κ1) is 17.8. The number of aliphatic hydroxyl groups excluding tert-OH is 3. The van der Waals surface area contributed by atoms with Gasteiger partial charge in [-0.25, -0.2) is 0 Å². The van der Waals surface area contributed by atoms with Crippen LogP contribution in [0, 0.1) is 0 Å². The summed E-state index contributed by atoms with van der Waals surface area (Å²) in [4.78, 5) is 0. The minimum atomic E-state index is -1.12. The largest absolute Gasteiger partial charge is 0.412 e. The number of aliphatic hydroxyl groups is 4. The maximum atomic E-state index is 8.39. The van der Waals surface area contributed by atoms with Gasteiger partial charge in [-0.2, -0.15) is 0 Å². The van der Waals surface area contributed by atoms with Gasteiger partial charge < -0.3 is 25.9 Å². The van der Waals surface area contributed by atoms with Crippen molar-refractivity contribution >= 4 is 0 Å². The molecule has 12 heavy (non-hydrogen) atoms. The van der Waals surface area contributed by atoms with Gasteiger partial charge in [0.1, 0.15) is 0 Å². The van der Waals surface area contributed by atoms with E-state index in [-0.39, 0.29) is 18.2 Å². The Morgan fingerprint density at radius 2 is 1.50 bits per heavy atom. The van der Waals surface area contributed by atoms with Crippen LogP contribution in [0.2, 0.25) is 0 Å². The second-order valence-corrected chi connectivity index (χ2v) is 2.25. The summed E-state index contributed by atoms with van der Waals surface area (Å²) < 4.78 is 0. The fraction of sp³-hybridized carbons (Fsp3) is 1.00. The first-order valence-electron chi connectivity index (χ1n) is 3.69. The van der Waals surface area contributed by atoms with Gasteiger partial charge in [-0.05, 0) is 19.8 Å². The lowest BCUT2D eigenvalue weighted by Crippen LogP contribution is -2.00. The summed E-state index contributed by atoms with van der Waals surface area (Å²) in [6, 6.07) is 0. The Balaban J connectivity index is -0.000000126. The second-order valence-electron chi connectivity index (χ2n) is 2.25. The molecule has 0 saturated carbocycles. The molecule has 5 nitrogen and oxygen atoms in total. The van der Waals surface area contributed by atoms with Crippen LogP contribution in [-0.4, -0.2) is 44.9 Å². The summed E-state index contributed by atoms with van der Waals surface area (Å²) in [6.07, 6.45) is -0.565. The molecule has 1 unspecified atom stereocenters. The molecule has 0 saturated heterocycles. The number of hydrogen-bond donors (Lipinski definition) is 4. The highest BCUT2D eigenvalue weighted by Crippen LogP contribution is 1.83. The van der Waals surface area contributed by atoms with Gasteiger partial charge in [0, 0.05) is 6.61 Å². The Kier molecular flexibility index (Phi) is 19.8. The van der Waals surface area contributed by atoms with Gasteiger partial charge in [0.2, 0.25) is 0 Å². The normalized spacial score (nSPS) is 11.2. The molecule has 0 amide bonds. The van der Waals surface area contributed by atoms with Crippen LogP contribution in [0.4, 0.5) is 0 Å². The Labute approximate surface area is 72.6 Å². The van der Waals surface area contributed by atoms with Gasteiger partial charge in [0.25, 0.3) is 0 Å². The molecule has 0 aliphatic rings. The van der Waals surface area contributed by atoms with Gasteiger partial charge >= 0.3 is 0 Å². The van der Waals surface area contributed by atoms with Crippen molar-refractivity contribution in [2.45, 2.75) is 39.1 Å². The van der Waals surface area contributed by atoms with Crippen LogP contribution in [-0.2, 0) is 0 Å². The minimum Gasteiger partial charge on any atom is -0.412 e. The molecule has 0 fully saturated rings. The molecule has 0 heterocycles. The zero-order valence-corrected chi connectivity index (χ0v) is 7.56. The molecule has 5 heteroatoms. The van der Waals surface area contributed by atoms with Crippen LogP contribution in [0.3, 0.4) is 0 Å². The number of hydrogen-bond acceptors (Lipinski definition) is 4. The van der Waals surface area contributed by atoms with Gasteiger partial charge in [-0.15, -0.1) is 0 Å². The first-order valence-corrected chi connectivity index (χ1v) is 3.69. The van der Waals surface area contributed by atoms with Crippen LogP contribution in [0.25, 0.3) is 0 Å². The van der Waals surface area contributed by atoms with Gasteiger partial charge in [-0.1, -0.05) is 6.92 Å². The van der Waals surface area contributed by atoms with E-state index in [1.807, 2.05) is 0 Å². The van der Waals surface area contributed by atoms with Crippen molar-refractivity contribution in [3.8, 4) is 0 Å². The van der Waals surface area contributed by atoms with Gasteiger partial charge in [-0.3, -0.25) is 0 Å². The third-order valence-electron chi connectivity index (χ3n) is 0.912. The summed E-state index contributed by atoms with van der Waals surface area (Å²) in [5, 5.41) is 32.3. The van der Waals surface area contributed by atoms with Crippen molar-refractivity contribution < 1.29 is 25.9 Å². The Bertz CT molecular complexity index is 64.8. The van der Waals surface area contributed by atoms with Gasteiger partial charge in [0.05, 0.1) is 6.10 Å². The fourth-order valence-electron chi connectivity index (χ4n) is 0.187. The monoisotopic (exact) mass is 184 g/mol. The molecular formula is C7H20O5. The third kappa shape index (κ3) is 32.9. The highest BCUT2D eigenvalue weighted by atomic mass is 16.5. The maximum absolute atomic E-state index is 8.39. The average Bonchev–Trinajstić information content (AvgIpc) is 1.89. The predicted molar refractivity (Wildman–Crippen MR) is 45.5 cm³/mol. The van der Waals surface area contributed by atoms with Crippen molar-refractivity contribution in [3.63, 3.8) is 0 Å². The standard InChI is InChI=1S/C4H10O2.C3H8O2.H2O/c1-4(6)2-3-5;1-2-3(4)5;/h4-6H,2-3H2,1H3;3-5H,2H2,1H3;1H2. The van der Waals surface area contributed by atoms with E-state index in [2.05, 4.69) is 0 Å². The molecule has 0 aromatic carbocycles. The fourth-order valence-corrected chi connectivity index (χ4v) is 0.187. The topological polar surface area (TPSA) is 112 Å². The number of rotatable bonds is 3. The zero-order chi connectivity index (χ0) is 9.28. The lowest BCUT2D eigenvalue weighted by atomic mass is 10.3. The summed E-state index contributed by atoms with van der Waals surface area (Å²) >= 11 is 0. The first-order chi connectivity index (χ1) is 5.04. The van der Waals surface area contributed by atoms with Crippen LogP contribution in [0.15, 0.2) is 0 Å². The van der Waals surface area contributed by atoms with E-state index in [9.17, 15) is 0 Å². The smallest absolute Gasteiger partial charge is 0.151 e. The Morgan fingerprint density at radius 3 is 1.50 bits per heavy atom. The van der Waals surface area contributed by atoms with Gasteiger partial charge in [0.15, 0.2) is 6.29 Å². The minimum absolute atomic E-state index is 0. The summed E-state index contributed by atoms with van der Waals surface area (Å²) in [5.41, 5.74) is 0. The predicted octanol–water partition coefficient (Wildman–Crippen LogP) is -1.37. The SMILES string of the molecule is CC(O)CCO.CCC(O)O.O. The van der Waals surface area contributed by atoms with E-state index in [1.54, 1.807) is 13.8 Å². The summed E-state index contributed by atoms with van der Waals surface area (Å²) in [7, 11) is 0. The second kappa shape index (κ2) is 13.4. The van der Waals surface area contributed by atoms with Crippen LogP contribution >= 0.6 is 0 Å². The quantitative estimate of drug-likeness (QED) is 0.405. The zero-order valence-electron chi connectivity index (χ0n) is 7.56. The Morgan fingerprint density at radius 1 is 1.17 bits per heavy atom. The Hall–Kier alpha value is -0.200. The molecule has 1 atom stereocenters. The molecule has 0 bridgehead atoms. The maximum Gasteiger partial charge on any atom is 0.151 e. The molecule has 0 spiro atoms. The molecule has 0 radical (unpaired) electrons. The molecular weight excluding hydrogens is 164 g/mol. The highest BCUT2D eigenvalue weighted by Gasteiger charge is 1.88. The molecule has 6 N–H and O–H groups in total. The lowest BCUT2D eigenvalue weighted by Gasteiger charge is -1.95. The highest BCUT2D eigenvalue weighted by molar-refractivity contribution is 4.40. The molecule has 0 aliphatic carbocycles. The summed E-state index contributed by atoms with van der Waals surface area (Å²) in [6.45, 7) is 3.43. The van der Waals surface area contributed by atoms with Crippen molar-refractivity contribution in [2.24, 2.45) is 0 Å². The van der Waals surface area contributed by atoms with Crippen molar-refractivity contribution in [2.75, 3.05) is 6.61 Å². The van der Waals surface area contributed by atoms with E-state index in [0.29, 0.717) is 12.8 Å².